The molecule has 0 N–H and O–H groups in total. The lowest BCUT2D eigenvalue weighted by molar-refractivity contribution is 0.0606. The first-order valence-electron chi connectivity index (χ1n) is 6.86. The number of rotatable bonds is 2. The molecule has 6 heteroatoms. The standard InChI is InChI=1S/C15H17BO4S/c1-9-15(2,3)20-16(19-9)11-6-5-10-7-13(14(17)18-4)21-12(10)8-11/h5-9H,1-4H3. The van der Waals surface area contributed by atoms with Crippen molar-refractivity contribution < 1.29 is 18.8 Å². The number of carbonyl (C=O) groups is 1. The number of hydrogen-bond acceptors (Lipinski definition) is 5. The summed E-state index contributed by atoms with van der Waals surface area (Å²) in [7, 11) is 1.03. The predicted molar refractivity (Wildman–Crippen MR) is 84.3 cm³/mol. The second-order valence-corrected chi connectivity index (χ2v) is 6.81. The summed E-state index contributed by atoms with van der Waals surface area (Å²) in [5, 5.41) is 1.02. The molecule has 0 saturated carbocycles. The third kappa shape index (κ3) is 2.59. The zero-order valence-electron chi connectivity index (χ0n) is 12.5. The van der Waals surface area contributed by atoms with Gasteiger partial charge in [-0.2, -0.15) is 0 Å². The molecule has 1 unspecified atom stereocenters. The molecule has 21 heavy (non-hydrogen) atoms. The summed E-state index contributed by atoms with van der Waals surface area (Å²) >= 11 is 1.42. The van der Waals surface area contributed by atoms with Crippen LogP contribution in [0.4, 0.5) is 0 Å². The summed E-state index contributed by atoms with van der Waals surface area (Å²) in [6, 6.07) is 7.83. The van der Waals surface area contributed by atoms with Gasteiger partial charge >= 0.3 is 13.1 Å². The molecule has 2 heterocycles. The van der Waals surface area contributed by atoms with Gasteiger partial charge in [-0.3, -0.25) is 0 Å². The Morgan fingerprint density at radius 1 is 1.38 bits per heavy atom. The molecular weight excluding hydrogens is 287 g/mol. The van der Waals surface area contributed by atoms with Gasteiger partial charge in [0.2, 0.25) is 0 Å². The molecular formula is C15H17BO4S. The van der Waals surface area contributed by atoms with Crippen molar-refractivity contribution in [3.8, 4) is 0 Å². The summed E-state index contributed by atoms with van der Waals surface area (Å²) in [4.78, 5) is 12.2. The van der Waals surface area contributed by atoms with Crippen LogP contribution in [-0.2, 0) is 14.0 Å². The minimum absolute atomic E-state index is 0.0344. The van der Waals surface area contributed by atoms with Crippen LogP contribution in [0.1, 0.15) is 30.4 Å². The smallest absolute Gasteiger partial charge is 0.465 e. The van der Waals surface area contributed by atoms with Crippen molar-refractivity contribution in [3.05, 3.63) is 29.1 Å². The molecule has 1 atom stereocenters. The third-order valence-corrected chi connectivity index (χ3v) is 5.00. The Morgan fingerprint density at radius 3 is 2.76 bits per heavy atom. The summed E-state index contributed by atoms with van der Waals surface area (Å²) in [6.45, 7) is 6.06. The first kappa shape index (κ1) is 14.6. The summed E-state index contributed by atoms with van der Waals surface area (Å²) < 4.78 is 17.6. The molecule has 1 aromatic carbocycles. The first-order chi connectivity index (χ1) is 9.90. The van der Waals surface area contributed by atoms with Crippen LogP contribution in [0, 0.1) is 0 Å². The first-order valence-corrected chi connectivity index (χ1v) is 7.67. The normalized spacial score (nSPS) is 21.0. The van der Waals surface area contributed by atoms with Crippen molar-refractivity contribution in [2.75, 3.05) is 7.11 Å². The van der Waals surface area contributed by atoms with Crippen molar-refractivity contribution in [1.29, 1.82) is 0 Å². The Balaban J connectivity index is 1.93. The van der Waals surface area contributed by atoms with E-state index in [1.165, 1.54) is 18.4 Å². The molecule has 1 aromatic heterocycles. The molecule has 1 fully saturated rings. The van der Waals surface area contributed by atoms with E-state index in [2.05, 4.69) is 0 Å². The van der Waals surface area contributed by atoms with Crippen molar-refractivity contribution in [2.24, 2.45) is 0 Å². The van der Waals surface area contributed by atoms with E-state index in [9.17, 15) is 4.79 Å². The molecule has 0 bridgehead atoms. The monoisotopic (exact) mass is 304 g/mol. The zero-order chi connectivity index (χ0) is 15.2. The second kappa shape index (κ2) is 5.12. The maximum Gasteiger partial charge on any atom is 0.494 e. The molecule has 3 rings (SSSR count). The van der Waals surface area contributed by atoms with Gasteiger partial charge in [-0.05, 0) is 43.8 Å². The topological polar surface area (TPSA) is 44.8 Å². The Bertz CT molecular complexity index is 694. The molecule has 0 radical (unpaired) electrons. The molecule has 4 nitrogen and oxygen atoms in total. The minimum atomic E-state index is -0.358. The minimum Gasteiger partial charge on any atom is -0.465 e. The zero-order valence-corrected chi connectivity index (χ0v) is 13.3. The number of esters is 1. The maximum absolute atomic E-state index is 11.6. The summed E-state index contributed by atoms with van der Waals surface area (Å²) in [5.41, 5.74) is 0.671. The van der Waals surface area contributed by atoms with E-state index >= 15 is 0 Å². The van der Waals surface area contributed by atoms with Gasteiger partial charge in [-0.25, -0.2) is 4.79 Å². The lowest BCUT2D eigenvalue weighted by Gasteiger charge is -2.21. The van der Waals surface area contributed by atoms with Gasteiger partial charge in [0, 0.05) is 4.70 Å². The summed E-state index contributed by atoms with van der Waals surface area (Å²) in [5.74, 6) is -0.305. The fourth-order valence-corrected chi connectivity index (χ4v) is 3.32. The second-order valence-electron chi connectivity index (χ2n) is 5.73. The van der Waals surface area contributed by atoms with Crippen molar-refractivity contribution in [1.82, 2.24) is 0 Å². The van der Waals surface area contributed by atoms with Gasteiger partial charge in [-0.15, -0.1) is 11.3 Å². The Hall–Kier alpha value is -1.37. The quantitative estimate of drug-likeness (QED) is 0.632. The maximum atomic E-state index is 11.6. The number of fused-ring (bicyclic) bond motifs is 1. The van der Waals surface area contributed by atoms with Gasteiger partial charge in [0.1, 0.15) is 4.88 Å². The fourth-order valence-electron chi connectivity index (χ4n) is 2.29. The van der Waals surface area contributed by atoms with Crippen LogP contribution in [0.5, 0.6) is 0 Å². The van der Waals surface area contributed by atoms with Crippen molar-refractivity contribution in [3.63, 3.8) is 0 Å². The van der Waals surface area contributed by atoms with Crippen LogP contribution in [-0.4, -0.2) is 31.9 Å². The summed E-state index contributed by atoms with van der Waals surface area (Å²) in [6.07, 6.45) is 0.0344. The molecule has 0 spiro atoms. The van der Waals surface area contributed by atoms with Crippen molar-refractivity contribution in [2.45, 2.75) is 32.5 Å². The number of benzene rings is 1. The molecule has 1 aliphatic heterocycles. The van der Waals surface area contributed by atoms with Crippen molar-refractivity contribution >= 4 is 40.0 Å². The van der Waals surface area contributed by atoms with Gasteiger partial charge < -0.3 is 14.0 Å². The van der Waals surface area contributed by atoms with Crippen LogP contribution in [0.3, 0.4) is 0 Å². The molecule has 2 aromatic rings. The number of hydrogen-bond donors (Lipinski definition) is 0. The number of ether oxygens (including phenoxy) is 1. The average Bonchev–Trinajstić information content (AvgIpc) is 2.98. The molecule has 0 aliphatic carbocycles. The van der Waals surface area contributed by atoms with E-state index in [1.807, 2.05) is 45.0 Å². The molecule has 110 valence electrons. The highest BCUT2D eigenvalue weighted by molar-refractivity contribution is 7.20. The van der Waals surface area contributed by atoms with E-state index in [0.717, 1.165) is 15.5 Å². The highest BCUT2D eigenvalue weighted by atomic mass is 32.1. The largest absolute Gasteiger partial charge is 0.494 e. The number of thiophene rings is 1. The van der Waals surface area contributed by atoms with Gasteiger partial charge in [0.05, 0.1) is 18.8 Å². The van der Waals surface area contributed by atoms with E-state index in [1.54, 1.807) is 0 Å². The van der Waals surface area contributed by atoms with Gasteiger partial charge in [0.15, 0.2) is 0 Å². The molecule has 1 saturated heterocycles. The van der Waals surface area contributed by atoms with Crippen LogP contribution < -0.4 is 5.46 Å². The third-order valence-electron chi connectivity index (χ3n) is 3.92. The van der Waals surface area contributed by atoms with Crippen LogP contribution in [0.25, 0.3) is 10.1 Å². The molecule has 1 aliphatic rings. The Morgan fingerprint density at radius 2 is 2.14 bits per heavy atom. The van der Waals surface area contributed by atoms with Crippen LogP contribution >= 0.6 is 11.3 Å². The van der Waals surface area contributed by atoms with E-state index in [0.29, 0.717) is 4.88 Å². The van der Waals surface area contributed by atoms with Gasteiger partial charge in [-0.1, -0.05) is 12.1 Å². The highest BCUT2D eigenvalue weighted by Crippen LogP contribution is 2.29. The highest BCUT2D eigenvalue weighted by Gasteiger charge is 2.43. The lowest BCUT2D eigenvalue weighted by Crippen LogP contribution is -2.34. The predicted octanol–water partition coefficient (Wildman–Crippen LogP) is 2.60. The fraction of sp³-hybridized carbons (Fsp3) is 0.400. The Labute approximate surface area is 128 Å². The van der Waals surface area contributed by atoms with Crippen LogP contribution in [0.15, 0.2) is 24.3 Å². The van der Waals surface area contributed by atoms with Crippen LogP contribution in [0.2, 0.25) is 0 Å². The van der Waals surface area contributed by atoms with E-state index in [-0.39, 0.29) is 24.8 Å². The van der Waals surface area contributed by atoms with E-state index < -0.39 is 0 Å². The van der Waals surface area contributed by atoms with E-state index in [4.69, 9.17) is 14.0 Å². The Kier molecular flexibility index (Phi) is 3.55. The number of carbonyl (C=O) groups excluding carboxylic acids is 1. The SMILES string of the molecule is COC(=O)c1cc2ccc(B3OC(C)C(C)(C)O3)cc2s1. The van der Waals surface area contributed by atoms with Gasteiger partial charge in [0.25, 0.3) is 0 Å². The number of methoxy groups -OCH3 is 1. The lowest BCUT2D eigenvalue weighted by atomic mass is 9.79. The average molecular weight is 304 g/mol. The molecule has 0 amide bonds.